The predicted molar refractivity (Wildman–Crippen MR) is 47.5 cm³/mol. The Morgan fingerprint density at radius 3 is 2.75 bits per heavy atom. The Balaban J connectivity index is 1.97. The van der Waals surface area contributed by atoms with Crippen molar-refractivity contribution in [2.75, 3.05) is 0 Å². The SMILES string of the molecule is OC1C=CCC2C3C=CC(C3)C12. The van der Waals surface area contributed by atoms with Crippen LogP contribution in [0.15, 0.2) is 24.3 Å². The highest BCUT2D eigenvalue weighted by Crippen LogP contribution is 2.52. The number of hydrogen-bond donors (Lipinski definition) is 1. The van der Waals surface area contributed by atoms with Gasteiger partial charge in [-0.2, -0.15) is 0 Å². The van der Waals surface area contributed by atoms with E-state index in [1.54, 1.807) is 0 Å². The fourth-order valence-corrected chi connectivity index (χ4v) is 3.30. The second-order valence-corrected chi connectivity index (χ2v) is 4.34. The number of fused-ring (bicyclic) bond motifs is 5. The third kappa shape index (κ3) is 0.726. The summed E-state index contributed by atoms with van der Waals surface area (Å²) < 4.78 is 0. The molecule has 3 aliphatic carbocycles. The van der Waals surface area contributed by atoms with E-state index in [0.29, 0.717) is 11.8 Å². The normalized spacial score (nSPS) is 54.6. The van der Waals surface area contributed by atoms with Crippen LogP contribution in [0, 0.1) is 23.7 Å². The summed E-state index contributed by atoms with van der Waals surface area (Å²) in [4.78, 5) is 0. The first kappa shape index (κ1) is 6.90. The van der Waals surface area contributed by atoms with E-state index in [1.165, 1.54) is 12.8 Å². The van der Waals surface area contributed by atoms with Crippen molar-refractivity contribution in [1.29, 1.82) is 0 Å². The van der Waals surface area contributed by atoms with Gasteiger partial charge in [-0.25, -0.2) is 0 Å². The maximum absolute atomic E-state index is 9.78. The van der Waals surface area contributed by atoms with E-state index in [-0.39, 0.29) is 6.10 Å². The Kier molecular flexibility index (Phi) is 1.28. The minimum Gasteiger partial charge on any atom is -0.389 e. The molecule has 1 nitrogen and oxygen atoms in total. The average molecular weight is 162 g/mol. The zero-order valence-electron chi connectivity index (χ0n) is 7.06. The van der Waals surface area contributed by atoms with Crippen LogP contribution < -0.4 is 0 Å². The zero-order valence-corrected chi connectivity index (χ0v) is 7.06. The minimum atomic E-state index is -0.163. The monoisotopic (exact) mass is 162 g/mol. The Labute approximate surface area is 72.8 Å². The van der Waals surface area contributed by atoms with E-state index in [1.807, 2.05) is 6.08 Å². The standard InChI is InChI=1S/C11H14O/c12-10-3-1-2-9-7-4-5-8(6-7)11(9)10/h1,3-5,7-12H,2,6H2. The molecule has 64 valence electrons. The molecule has 0 amide bonds. The van der Waals surface area contributed by atoms with Crippen LogP contribution in [0.4, 0.5) is 0 Å². The summed E-state index contributed by atoms with van der Waals surface area (Å²) in [6.07, 6.45) is 11.1. The van der Waals surface area contributed by atoms with Crippen molar-refractivity contribution in [2.45, 2.75) is 18.9 Å². The highest BCUT2D eigenvalue weighted by molar-refractivity contribution is 5.19. The molecule has 0 aromatic carbocycles. The summed E-state index contributed by atoms with van der Waals surface area (Å²) in [5.74, 6) is 2.75. The Bertz CT molecular complexity index is 254. The molecule has 0 aromatic heterocycles. The lowest BCUT2D eigenvalue weighted by atomic mass is 9.75. The van der Waals surface area contributed by atoms with Crippen LogP contribution in [0.5, 0.6) is 0 Å². The molecule has 0 saturated heterocycles. The number of aliphatic hydroxyl groups excluding tert-OH is 1. The van der Waals surface area contributed by atoms with Gasteiger partial charge in [0.25, 0.3) is 0 Å². The molecule has 0 aliphatic heterocycles. The number of rotatable bonds is 0. The maximum Gasteiger partial charge on any atom is 0.0757 e. The molecule has 2 bridgehead atoms. The smallest absolute Gasteiger partial charge is 0.0757 e. The van der Waals surface area contributed by atoms with Crippen molar-refractivity contribution < 1.29 is 5.11 Å². The molecule has 3 aliphatic rings. The third-order valence-corrected chi connectivity index (χ3v) is 3.82. The van der Waals surface area contributed by atoms with Crippen molar-refractivity contribution >= 4 is 0 Å². The van der Waals surface area contributed by atoms with Gasteiger partial charge in [-0.05, 0) is 36.5 Å². The lowest BCUT2D eigenvalue weighted by Crippen LogP contribution is -2.32. The number of hydrogen-bond acceptors (Lipinski definition) is 1. The van der Waals surface area contributed by atoms with Gasteiger partial charge in [-0.1, -0.05) is 24.3 Å². The van der Waals surface area contributed by atoms with Gasteiger partial charge in [-0.15, -0.1) is 0 Å². The Morgan fingerprint density at radius 2 is 1.92 bits per heavy atom. The molecule has 0 radical (unpaired) electrons. The summed E-state index contributed by atoms with van der Waals surface area (Å²) in [5, 5.41) is 9.78. The van der Waals surface area contributed by atoms with Gasteiger partial charge in [0, 0.05) is 0 Å². The summed E-state index contributed by atoms with van der Waals surface area (Å²) in [5.41, 5.74) is 0. The van der Waals surface area contributed by atoms with Crippen LogP contribution >= 0.6 is 0 Å². The van der Waals surface area contributed by atoms with Crippen molar-refractivity contribution in [1.82, 2.24) is 0 Å². The molecule has 0 heterocycles. The fraction of sp³-hybridized carbons (Fsp3) is 0.636. The molecule has 1 fully saturated rings. The van der Waals surface area contributed by atoms with Crippen LogP contribution in [0.25, 0.3) is 0 Å². The second-order valence-electron chi connectivity index (χ2n) is 4.34. The van der Waals surface area contributed by atoms with E-state index in [4.69, 9.17) is 0 Å². The van der Waals surface area contributed by atoms with Crippen molar-refractivity contribution in [2.24, 2.45) is 23.7 Å². The van der Waals surface area contributed by atoms with Gasteiger partial charge in [0.05, 0.1) is 6.10 Å². The lowest BCUT2D eigenvalue weighted by molar-refractivity contribution is 0.0942. The van der Waals surface area contributed by atoms with E-state index in [9.17, 15) is 5.11 Å². The van der Waals surface area contributed by atoms with Gasteiger partial charge in [-0.3, -0.25) is 0 Å². The average Bonchev–Trinajstić information content (AvgIpc) is 2.64. The molecule has 5 unspecified atom stereocenters. The topological polar surface area (TPSA) is 20.2 Å². The highest BCUT2D eigenvalue weighted by atomic mass is 16.3. The molecular formula is C11H14O. The zero-order chi connectivity index (χ0) is 8.13. The number of allylic oxidation sites excluding steroid dienone is 3. The molecular weight excluding hydrogens is 148 g/mol. The second kappa shape index (κ2) is 2.23. The molecule has 5 atom stereocenters. The first-order chi connectivity index (χ1) is 5.86. The van der Waals surface area contributed by atoms with Gasteiger partial charge < -0.3 is 5.11 Å². The summed E-state index contributed by atoms with van der Waals surface area (Å²) in [7, 11) is 0. The first-order valence-electron chi connectivity index (χ1n) is 4.89. The minimum absolute atomic E-state index is 0.163. The van der Waals surface area contributed by atoms with Gasteiger partial charge in [0.1, 0.15) is 0 Å². The molecule has 3 rings (SSSR count). The molecule has 0 spiro atoms. The van der Waals surface area contributed by atoms with Crippen molar-refractivity contribution in [3.8, 4) is 0 Å². The molecule has 1 saturated carbocycles. The highest BCUT2D eigenvalue weighted by Gasteiger charge is 2.47. The van der Waals surface area contributed by atoms with Crippen LogP contribution in [0.1, 0.15) is 12.8 Å². The van der Waals surface area contributed by atoms with E-state index >= 15 is 0 Å². The first-order valence-corrected chi connectivity index (χ1v) is 4.89. The quantitative estimate of drug-likeness (QED) is 0.538. The third-order valence-electron chi connectivity index (χ3n) is 3.82. The maximum atomic E-state index is 9.78. The fourth-order valence-electron chi connectivity index (χ4n) is 3.30. The van der Waals surface area contributed by atoms with Gasteiger partial charge in [0.15, 0.2) is 0 Å². The Hall–Kier alpha value is -0.560. The summed E-state index contributed by atoms with van der Waals surface area (Å²) in [6.45, 7) is 0. The van der Waals surface area contributed by atoms with Gasteiger partial charge >= 0.3 is 0 Å². The molecule has 1 heteroatoms. The van der Waals surface area contributed by atoms with E-state index in [2.05, 4.69) is 18.2 Å². The van der Waals surface area contributed by atoms with Crippen LogP contribution in [0.2, 0.25) is 0 Å². The van der Waals surface area contributed by atoms with Crippen LogP contribution in [0.3, 0.4) is 0 Å². The summed E-state index contributed by atoms with van der Waals surface area (Å²) in [6, 6.07) is 0. The van der Waals surface area contributed by atoms with Crippen LogP contribution in [-0.4, -0.2) is 11.2 Å². The van der Waals surface area contributed by atoms with Crippen LogP contribution in [-0.2, 0) is 0 Å². The Morgan fingerprint density at radius 1 is 1.08 bits per heavy atom. The predicted octanol–water partition coefficient (Wildman–Crippen LogP) is 1.75. The van der Waals surface area contributed by atoms with E-state index in [0.717, 1.165) is 11.8 Å². The number of aliphatic hydroxyl groups is 1. The molecule has 12 heavy (non-hydrogen) atoms. The summed E-state index contributed by atoms with van der Waals surface area (Å²) >= 11 is 0. The van der Waals surface area contributed by atoms with Gasteiger partial charge in [0.2, 0.25) is 0 Å². The molecule has 0 aromatic rings. The van der Waals surface area contributed by atoms with E-state index < -0.39 is 0 Å². The van der Waals surface area contributed by atoms with Crippen molar-refractivity contribution in [3.63, 3.8) is 0 Å². The lowest BCUT2D eigenvalue weighted by Gasteiger charge is -2.32. The van der Waals surface area contributed by atoms with Crippen molar-refractivity contribution in [3.05, 3.63) is 24.3 Å². The largest absolute Gasteiger partial charge is 0.389 e. The molecule has 1 N–H and O–H groups in total.